The molecule has 0 bridgehead atoms. The third kappa shape index (κ3) is 9.64. The average Bonchev–Trinajstić information content (AvgIpc) is 3.08. The number of methoxy groups -OCH3 is 1. The Hall–Kier alpha value is -3.76. The first kappa shape index (κ1) is 36.1. The van der Waals surface area contributed by atoms with Crippen LogP contribution in [0.15, 0.2) is 47.1 Å². The second kappa shape index (κ2) is 17.4. The Morgan fingerprint density at radius 2 is 1.81 bits per heavy atom. The molecule has 47 heavy (non-hydrogen) atoms. The molecule has 10 heteroatoms. The molecule has 0 saturated carbocycles. The van der Waals surface area contributed by atoms with Crippen LogP contribution in [0, 0.1) is 0 Å². The third-order valence-electron chi connectivity index (χ3n) is 9.35. The van der Waals surface area contributed by atoms with Crippen LogP contribution in [0.2, 0.25) is 0 Å². The zero-order valence-electron chi connectivity index (χ0n) is 28.6. The Bertz CT molecular complexity index is 1430. The highest BCUT2D eigenvalue weighted by Gasteiger charge is 2.26. The molecule has 0 atom stereocenters. The number of piperidine rings is 2. The molecule has 2 aromatic rings. The lowest BCUT2D eigenvalue weighted by molar-refractivity contribution is -0.104. The summed E-state index contributed by atoms with van der Waals surface area (Å²) in [6.45, 7) is 6.67. The van der Waals surface area contributed by atoms with Crippen LogP contribution in [0.25, 0.3) is 11.6 Å². The molecule has 0 unspecified atom stereocenters. The van der Waals surface area contributed by atoms with Crippen LogP contribution in [0.1, 0.15) is 67.7 Å². The maximum atomic E-state index is 14.2. The van der Waals surface area contributed by atoms with Gasteiger partial charge in [-0.05, 0) is 81.3 Å². The molecule has 2 saturated heterocycles. The molecule has 3 N–H and O–H groups in total. The quantitative estimate of drug-likeness (QED) is 0.148. The number of nitrogens with one attached hydrogen (secondary N) is 1. The van der Waals surface area contributed by atoms with E-state index in [2.05, 4.69) is 15.1 Å². The lowest BCUT2D eigenvalue weighted by atomic mass is 9.96. The number of anilines is 2. The van der Waals surface area contributed by atoms with Gasteiger partial charge in [-0.25, -0.2) is 8.78 Å². The molecule has 8 nitrogen and oxygen atoms in total. The number of carbonyl (C=O) groups excluding carboxylic acids is 1. The van der Waals surface area contributed by atoms with Crippen LogP contribution in [0.5, 0.6) is 5.75 Å². The number of aldehydes is 1. The fourth-order valence-electron chi connectivity index (χ4n) is 6.61. The largest absolute Gasteiger partial charge is 0.497 e. The fourth-order valence-corrected chi connectivity index (χ4v) is 6.61. The highest BCUT2D eigenvalue weighted by Crippen LogP contribution is 2.36. The van der Waals surface area contributed by atoms with Gasteiger partial charge in [0, 0.05) is 99.4 Å². The van der Waals surface area contributed by atoms with E-state index in [0.717, 1.165) is 80.0 Å². The summed E-state index contributed by atoms with van der Waals surface area (Å²) in [5, 5.41) is 3.43. The molecule has 0 aromatic heterocycles. The molecule has 2 aromatic carbocycles. The predicted molar refractivity (Wildman–Crippen MR) is 191 cm³/mol. The Kier molecular flexibility index (Phi) is 13.4. The van der Waals surface area contributed by atoms with Crippen molar-refractivity contribution in [2.75, 3.05) is 70.8 Å². The van der Waals surface area contributed by atoms with Gasteiger partial charge in [0.15, 0.2) is 0 Å². The Balaban J connectivity index is 1.45. The van der Waals surface area contributed by atoms with E-state index in [1.54, 1.807) is 26.3 Å². The number of ether oxygens (including phenoxy) is 1. The van der Waals surface area contributed by atoms with Gasteiger partial charge >= 0.3 is 0 Å². The van der Waals surface area contributed by atoms with Crippen molar-refractivity contribution in [1.29, 1.82) is 0 Å². The van der Waals surface area contributed by atoms with Gasteiger partial charge in [-0.3, -0.25) is 9.79 Å². The molecule has 0 spiro atoms. The van der Waals surface area contributed by atoms with E-state index < -0.39 is 6.43 Å². The molecule has 0 aliphatic carbocycles. The zero-order valence-corrected chi connectivity index (χ0v) is 28.6. The standard InChI is InChI=1S/C37H52F2N6O2/c1-26(25-46)19-34-35(43(2)3)21-31(47-5)22-36(34)44(4)16-6-7-27-8-9-32(37(38)39)33(20-27)28(23-40)24-42-29-12-17-45(18-13-29)30-10-14-41-15-11-30/h8-9,19-25,29-30,37,41H,6-7,10-18,40H2,1-5H3/b26-19-,28-23+,42-24?. The summed E-state index contributed by atoms with van der Waals surface area (Å²) in [6, 6.07) is 9.88. The van der Waals surface area contributed by atoms with E-state index in [9.17, 15) is 13.6 Å². The van der Waals surface area contributed by atoms with Crippen LogP contribution < -0.4 is 25.6 Å². The van der Waals surface area contributed by atoms with Crippen LogP contribution in [-0.2, 0) is 11.2 Å². The van der Waals surface area contributed by atoms with Crippen molar-refractivity contribution in [2.45, 2.75) is 64.0 Å². The summed E-state index contributed by atoms with van der Waals surface area (Å²) < 4.78 is 33.9. The predicted octanol–water partition coefficient (Wildman–Crippen LogP) is 5.96. The lowest BCUT2D eigenvalue weighted by Crippen LogP contribution is -2.47. The number of carbonyl (C=O) groups is 1. The van der Waals surface area contributed by atoms with Gasteiger partial charge < -0.3 is 30.5 Å². The molecular weight excluding hydrogens is 598 g/mol. The summed E-state index contributed by atoms with van der Waals surface area (Å²) in [5.74, 6) is 0.721. The van der Waals surface area contributed by atoms with Gasteiger partial charge in [-0.1, -0.05) is 18.2 Å². The molecule has 2 fully saturated rings. The number of halogens is 2. The normalized spacial score (nSPS) is 17.4. The van der Waals surface area contributed by atoms with Crippen molar-refractivity contribution < 1.29 is 18.3 Å². The Morgan fingerprint density at radius 3 is 2.43 bits per heavy atom. The molecular formula is C37H52F2N6O2. The van der Waals surface area contributed by atoms with Crippen LogP contribution in [0.4, 0.5) is 20.2 Å². The minimum Gasteiger partial charge on any atom is -0.497 e. The first-order chi connectivity index (χ1) is 22.6. The van der Waals surface area contributed by atoms with E-state index in [-0.39, 0.29) is 11.6 Å². The van der Waals surface area contributed by atoms with E-state index in [1.807, 2.05) is 50.3 Å². The Morgan fingerprint density at radius 1 is 1.11 bits per heavy atom. The smallest absolute Gasteiger partial charge is 0.264 e. The molecule has 2 heterocycles. The molecule has 2 aliphatic rings. The maximum absolute atomic E-state index is 14.2. The van der Waals surface area contributed by atoms with Crippen molar-refractivity contribution in [2.24, 2.45) is 10.7 Å². The SMILES string of the molecule is COc1cc(N(C)C)c(/C=C(/C)C=O)c(N(C)CCCc2ccc(C(F)F)c(/C(C=NC3CCN(C4CCNCC4)CC3)=C/N)c2)c1. The van der Waals surface area contributed by atoms with Gasteiger partial charge in [-0.15, -0.1) is 0 Å². The number of hydrogen-bond donors (Lipinski definition) is 2. The second-order valence-corrected chi connectivity index (χ2v) is 12.9. The van der Waals surface area contributed by atoms with Gasteiger partial charge in [0.1, 0.15) is 12.0 Å². The van der Waals surface area contributed by atoms with E-state index >= 15 is 0 Å². The fraction of sp³-hybridized carbons (Fsp3) is 0.514. The number of alkyl halides is 2. The summed E-state index contributed by atoms with van der Waals surface area (Å²) in [6.07, 6.45) is 8.98. The number of nitrogens with two attached hydrogens (primary N) is 1. The highest BCUT2D eigenvalue weighted by molar-refractivity contribution is 6.10. The molecule has 0 radical (unpaired) electrons. The summed E-state index contributed by atoms with van der Waals surface area (Å²) >= 11 is 0. The molecule has 0 amide bonds. The van der Waals surface area contributed by atoms with Crippen molar-refractivity contribution in [3.8, 4) is 5.75 Å². The summed E-state index contributed by atoms with van der Waals surface area (Å²) in [4.78, 5) is 23.0. The van der Waals surface area contributed by atoms with Crippen LogP contribution >= 0.6 is 0 Å². The number of allylic oxidation sites excluding steroid dienone is 2. The third-order valence-corrected chi connectivity index (χ3v) is 9.35. The molecule has 4 rings (SSSR count). The van der Waals surface area contributed by atoms with Crippen molar-refractivity contribution >= 4 is 35.5 Å². The van der Waals surface area contributed by atoms with Gasteiger partial charge in [0.2, 0.25) is 0 Å². The summed E-state index contributed by atoms with van der Waals surface area (Å²) in [7, 11) is 7.56. The Labute approximate surface area is 279 Å². The maximum Gasteiger partial charge on any atom is 0.264 e. The number of likely N-dealkylation sites (tertiary alicyclic amines) is 1. The number of benzene rings is 2. The monoisotopic (exact) mass is 650 g/mol. The number of rotatable bonds is 14. The van der Waals surface area contributed by atoms with Gasteiger partial charge in [-0.2, -0.15) is 0 Å². The average molecular weight is 651 g/mol. The zero-order chi connectivity index (χ0) is 33.9. The minimum absolute atomic E-state index is 0.0377. The second-order valence-electron chi connectivity index (χ2n) is 12.9. The van der Waals surface area contributed by atoms with E-state index in [4.69, 9.17) is 15.5 Å². The number of aliphatic imine (C=N–C) groups is 1. The van der Waals surface area contributed by atoms with Crippen molar-refractivity contribution in [3.63, 3.8) is 0 Å². The first-order valence-electron chi connectivity index (χ1n) is 16.7. The minimum atomic E-state index is -2.62. The summed E-state index contributed by atoms with van der Waals surface area (Å²) in [5.41, 5.74) is 11.3. The molecule has 2 aliphatic heterocycles. The number of aryl methyl sites for hydroxylation is 1. The van der Waals surface area contributed by atoms with Gasteiger partial charge in [0.05, 0.1) is 13.2 Å². The topological polar surface area (TPSA) is 86.4 Å². The van der Waals surface area contributed by atoms with Crippen molar-refractivity contribution in [1.82, 2.24) is 10.2 Å². The molecule has 256 valence electrons. The highest BCUT2D eigenvalue weighted by atomic mass is 19.3. The first-order valence-corrected chi connectivity index (χ1v) is 16.7. The van der Waals surface area contributed by atoms with E-state index in [1.165, 1.54) is 25.1 Å². The number of nitrogens with zero attached hydrogens (tertiary/aromatic N) is 4. The van der Waals surface area contributed by atoms with Gasteiger partial charge in [0.25, 0.3) is 6.43 Å². The lowest BCUT2D eigenvalue weighted by Gasteiger charge is -2.38. The number of hydrogen-bond acceptors (Lipinski definition) is 8. The van der Waals surface area contributed by atoms with Crippen molar-refractivity contribution in [3.05, 3.63) is 64.4 Å². The van der Waals surface area contributed by atoms with E-state index in [0.29, 0.717) is 35.7 Å². The van der Waals surface area contributed by atoms with Crippen LogP contribution in [0.3, 0.4) is 0 Å². The van der Waals surface area contributed by atoms with Crippen LogP contribution in [-0.4, -0.2) is 90.5 Å².